The number of hydrogen-bond acceptors (Lipinski definition) is 4. The molecule has 0 amide bonds. The topological polar surface area (TPSA) is 27.7 Å². The highest BCUT2D eigenvalue weighted by atomic mass is 16.5. The van der Waals surface area contributed by atoms with Crippen molar-refractivity contribution >= 4 is 0 Å². The number of hydrazine groups is 1. The van der Waals surface area contributed by atoms with Gasteiger partial charge in [-0.05, 0) is 13.5 Å². The Kier molecular flexibility index (Phi) is 3.16. The van der Waals surface area contributed by atoms with Crippen LogP contribution in [0.4, 0.5) is 0 Å². The van der Waals surface area contributed by atoms with Gasteiger partial charge in [-0.1, -0.05) is 0 Å². The Balaban J connectivity index is 1.73. The molecule has 4 nitrogen and oxygen atoms in total. The predicted molar refractivity (Wildman–Crippen MR) is 51.4 cm³/mol. The Bertz CT molecular complexity index is 159. The summed E-state index contributed by atoms with van der Waals surface area (Å²) in [5, 5.41) is 2.28. The fourth-order valence-electron chi connectivity index (χ4n) is 1.97. The van der Waals surface area contributed by atoms with Crippen LogP contribution < -0.4 is 5.43 Å². The van der Waals surface area contributed by atoms with E-state index in [4.69, 9.17) is 4.74 Å². The average Bonchev–Trinajstić information content (AvgIpc) is 2.57. The molecule has 0 aromatic rings. The van der Waals surface area contributed by atoms with Crippen LogP contribution in [-0.4, -0.2) is 62.4 Å². The van der Waals surface area contributed by atoms with Gasteiger partial charge in [-0.15, -0.1) is 0 Å². The lowest BCUT2D eigenvalue weighted by atomic mass is 10.3. The number of rotatable bonds is 2. The monoisotopic (exact) mass is 185 g/mol. The first-order valence-electron chi connectivity index (χ1n) is 5.13. The van der Waals surface area contributed by atoms with E-state index in [1.165, 1.54) is 13.0 Å². The van der Waals surface area contributed by atoms with E-state index in [1.54, 1.807) is 0 Å². The summed E-state index contributed by atoms with van der Waals surface area (Å²) in [6, 6.07) is 0. The Morgan fingerprint density at radius 1 is 1.46 bits per heavy atom. The summed E-state index contributed by atoms with van der Waals surface area (Å²) < 4.78 is 5.69. The van der Waals surface area contributed by atoms with Crippen LogP contribution in [0.25, 0.3) is 0 Å². The minimum absolute atomic E-state index is 0.393. The van der Waals surface area contributed by atoms with E-state index in [9.17, 15) is 0 Å². The van der Waals surface area contributed by atoms with Crippen molar-refractivity contribution in [3.63, 3.8) is 0 Å². The van der Waals surface area contributed by atoms with E-state index < -0.39 is 0 Å². The molecule has 1 unspecified atom stereocenters. The zero-order valence-electron chi connectivity index (χ0n) is 8.33. The molecule has 4 heteroatoms. The van der Waals surface area contributed by atoms with Gasteiger partial charge >= 0.3 is 0 Å². The fraction of sp³-hybridized carbons (Fsp3) is 1.00. The second-order valence-corrected chi connectivity index (χ2v) is 3.96. The number of ether oxygens (including phenoxy) is 1. The molecule has 0 saturated carbocycles. The zero-order valence-corrected chi connectivity index (χ0v) is 8.33. The van der Waals surface area contributed by atoms with Gasteiger partial charge in [-0.2, -0.15) is 0 Å². The predicted octanol–water partition coefficient (Wildman–Crippen LogP) is -0.473. The van der Waals surface area contributed by atoms with Gasteiger partial charge in [-0.25, -0.2) is 5.01 Å². The Morgan fingerprint density at radius 2 is 2.38 bits per heavy atom. The second-order valence-electron chi connectivity index (χ2n) is 3.96. The van der Waals surface area contributed by atoms with E-state index in [1.807, 2.05) is 0 Å². The van der Waals surface area contributed by atoms with Gasteiger partial charge in [0.25, 0.3) is 0 Å². The van der Waals surface area contributed by atoms with E-state index in [2.05, 4.69) is 22.4 Å². The minimum atomic E-state index is 0.393. The number of nitrogens with zero attached hydrogens (tertiary/aromatic N) is 2. The fourth-order valence-corrected chi connectivity index (χ4v) is 1.97. The van der Waals surface area contributed by atoms with Crippen LogP contribution in [0.3, 0.4) is 0 Å². The zero-order chi connectivity index (χ0) is 9.10. The van der Waals surface area contributed by atoms with Crippen LogP contribution in [0.5, 0.6) is 0 Å². The number of morpholine rings is 1. The normalized spacial score (nSPS) is 32.5. The van der Waals surface area contributed by atoms with Crippen LogP contribution in [0.2, 0.25) is 0 Å². The maximum Gasteiger partial charge on any atom is 0.0843 e. The van der Waals surface area contributed by atoms with Gasteiger partial charge in [0, 0.05) is 32.7 Å². The summed E-state index contributed by atoms with van der Waals surface area (Å²) in [4.78, 5) is 2.34. The summed E-state index contributed by atoms with van der Waals surface area (Å²) in [5.74, 6) is 0. The van der Waals surface area contributed by atoms with Crippen LogP contribution in [-0.2, 0) is 4.74 Å². The molecule has 76 valence electrons. The number of hydrogen-bond donors (Lipinski definition) is 1. The third kappa shape index (κ3) is 2.64. The summed E-state index contributed by atoms with van der Waals surface area (Å²) >= 11 is 0. The van der Waals surface area contributed by atoms with E-state index in [0.29, 0.717) is 6.10 Å². The lowest BCUT2D eigenvalue weighted by molar-refractivity contribution is -0.0383. The first-order valence-corrected chi connectivity index (χ1v) is 5.13. The number of likely N-dealkylation sites (N-methyl/N-ethyl adjacent to an activating group) is 1. The number of nitrogens with one attached hydrogen (secondary N) is 1. The van der Waals surface area contributed by atoms with Gasteiger partial charge in [0.05, 0.1) is 12.7 Å². The van der Waals surface area contributed by atoms with Gasteiger partial charge in [0.15, 0.2) is 0 Å². The first kappa shape index (κ1) is 9.40. The van der Waals surface area contributed by atoms with Crippen molar-refractivity contribution in [3.05, 3.63) is 0 Å². The average molecular weight is 185 g/mol. The standard InChI is InChI=1S/C9H19N3O/c1-11-5-6-13-9(7-11)8-12-4-2-3-10-12/h9-10H,2-8H2,1H3. The highest BCUT2D eigenvalue weighted by molar-refractivity contribution is 4.73. The van der Waals surface area contributed by atoms with Crippen molar-refractivity contribution in [1.82, 2.24) is 15.3 Å². The van der Waals surface area contributed by atoms with Gasteiger partial charge < -0.3 is 9.64 Å². The van der Waals surface area contributed by atoms with E-state index in [0.717, 1.165) is 32.8 Å². The molecule has 0 spiro atoms. The minimum Gasteiger partial charge on any atom is -0.374 e. The molecular weight excluding hydrogens is 166 g/mol. The molecule has 2 aliphatic heterocycles. The summed E-state index contributed by atoms with van der Waals surface area (Å²) in [6.07, 6.45) is 1.66. The molecule has 0 aromatic heterocycles. The van der Waals surface area contributed by atoms with Gasteiger partial charge in [-0.3, -0.25) is 5.43 Å². The molecule has 1 N–H and O–H groups in total. The molecule has 2 heterocycles. The van der Waals surface area contributed by atoms with E-state index >= 15 is 0 Å². The summed E-state index contributed by atoms with van der Waals surface area (Å²) in [5.41, 5.74) is 3.35. The lowest BCUT2D eigenvalue weighted by Crippen LogP contribution is -2.47. The molecule has 13 heavy (non-hydrogen) atoms. The van der Waals surface area contributed by atoms with Crippen molar-refractivity contribution in [2.45, 2.75) is 12.5 Å². The summed E-state index contributed by atoms with van der Waals surface area (Å²) in [7, 11) is 2.16. The van der Waals surface area contributed by atoms with Crippen LogP contribution >= 0.6 is 0 Å². The molecule has 0 aliphatic carbocycles. The molecule has 0 bridgehead atoms. The lowest BCUT2D eigenvalue weighted by Gasteiger charge is -2.32. The molecule has 2 saturated heterocycles. The Morgan fingerprint density at radius 3 is 3.08 bits per heavy atom. The van der Waals surface area contributed by atoms with Crippen molar-refractivity contribution < 1.29 is 4.74 Å². The molecule has 0 radical (unpaired) electrons. The van der Waals surface area contributed by atoms with Crippen molar-refractivity contribution in [3.8, 4) is 0 Å². The molecule has 2 aliphatic rings. The van der Waals surface area contributed by atoms with Crippen molar-refractivity contribution in [2.75, 3.05) is 46.4 Å². The van der Waals surface area contributed by atoms with Gasteiger partial charge in [0.1, 0.15) is 0 Å². The molecule has 0 aromatic carbocycles. The highest BCUT2D eigenvalue weighted by Crippen LogP contribution is 2.06. The van der Waals surface area contributed by atoms with Crippen molar-refractivity contribution in [2.24, 2.45) is 0 Å². The summed E-state index contributed by atoms with van der Waals surface area (Å²) in [6.45, 7) is 6.35. The van der Waals surface area contributed by atoms with E-state index in [-0.39, 0.29) is 0 Å². The molecule has 2 fully saturated rings. The van der Waals surface area contributed by atoms with Crippen LogP contribution in [0.1, 0.15) is 6.42 Å². The van der Waals surface area contributed by atoms with Gasteiger partial charge in [0.2, 0.25) is 0 Å². The Labute approximate surface area is 79.8 Å². The highest BCUT2D eigenvalue weighted by Gasteiger charge is 2.21. The first-order chi connectivity index (χ1) is 6.34. The quantitative estimate of drug-likeness (QED) is 0.629. The third-order valence-electron chi connectivity index (χ3n) is 2.71. The molecule has 1 atom stereocenters. The second kappa shape index (κ2) is 4.37. The van der Waals surface area contributed by atoms with Crippen LogP contribution in [0, 0.1) is 0 Å². The molecular formula is C9H19N3O. The third-order valence-corrected chi connectivity index (χ3v) is 2.71. The maximum absolute atomic E-state index is 5.69. The largest absolute Gasteiger partial charge is 0.374 e. The smallest absolute Gasteiger partial charge is 0.0843 e. The maximum atomic E-state index is 5.69. The SMILES string of the molecule is CN1CCOC(CN2CCCN2)C1. The molecule has 2 rings (SSSR count). The Hall–Kier alpha value is -0.160. The van der Waals surface area contributed by atoms with Crippen LogP contribution in [0.15, 0.2) is 0 Å². The van der Waals surface area contributed by atoms with Crippen molar-refractivity contribution in [1.29, 1.82) is 0 Å².